The molecular weight excluding hydrogens is 280 g/mol. The summed E-state index contributed by atoms with van der Waals surface area (Å²) in [5.74, 6) is -2.94. The second-order valence-corrected chi connectivity index (χ2v) is 5.89. The molecule has 1 aromatic carbocycles. The van der Waals surface area contributed by atoms with Crippen LogP contribution in [0.4, 0.5) is 8.78 Å². The zero-order valence-electron chi connectivity index (χ0n) is 9.63. The zero-order chi connectivity index (χ0) is 14.4. The number of sulfone groups is 1. The molecule has 0 aliphatic heterocycles. The van der Waals surface area contributed by atoms with E-state index >= 15 is 0 Å². The van der Waals surface area contributed by atoms with Crippen molar-refractivity contribution in [2.24, 2.45) is 7.05 Å². The number of fused-ring (bicyclic) bond motifs is 1. The maximum absolute atomic E-state index is 13.3. The van der Waals surface area contributed by atoms with E-state index in [2.05, 4.69) is 0 Å². The van der Waals surface area contributed by atoms with Crippen LogP contribution in [0, 0.1) is 0 Å². The van der Waals surface area contributed by atoms with Crippen molar-refractivity contribution in [3.05, 3.63) is 30.5 Å². The molecule has 0 amide bonds. The van der Waals surface area contributed by atoms with Crippen LogP contribution in [0.3, 0.4) is 0 Å². The molecule has 0 spiro atoms. The third-order valence-electron chi connectivity index (χ3n) is 2.73. The Labute approximate surface area is 107 Å². The van der Waals surface area contributed by atoms with Gasteiger partial charge in [0, 0.05) is 24.1 Å². The Morgan fingerprint density at radius 1 is 1.32 bits per heavy atom. The van der Waals surface area contributed by atoms with Crippen molar-refractivity contribution in [2.45, 2.75) is 10.2 Å². The number of carbonyl (C=O) groups excluding carboxylic acids is 1. The average molecular weight is 288 g/mol. The fraction of sp³-hybridized carbons (Fsp3) is 0.182. The van der Waals surface area contributed by atoms with Crippen molar-refractivity contribution in [1.29, 1.82) is 0 Å². The first kappa shape index (κ1) is 13.5. The monoisotopic (exact) mass is 288 g/mol. The van der Waals surface area contributed by atoms with Gasteiger partial charge in [-0.05, 0) is 6.07 Å². The summed E-state index contributed by atoms with van der Waals surface area (Å²) in [5, 5.41) is 5.40. The van der Waals surface area contributed by atoms with Crippen LogP contribution in [0.1, 0.15) is 0 Å². The number of hydrogen-bond acceptors (Lipinski definition) is 4. The molecule has 1 aromatic heterocycles. The molecule has 102 valence electrons. The first-order valence-corrected chi connectivity index (χ1v) is 6.56. The summed E-state index contributed by atoms with van der Waals surface area (Å²) in [4.78, 5) is 9.60. The highest BCUT2D eigenvalue weighted by Crippen LogP contribution is 2.34. The van der Waals surface area contributed by atoms with E-state index in [9.17, 15) is 27.1 Å². The average Bonchev–Trinajstić information content (AvgIpc) is 2.68. The van der Waals surface area contributed by atoms with E-state index in [1.165, 1.54) is 29.8 Å². The standard InChI is InChI=1S/C11H9F2NO4S/c1-14-6-9(7-4-2-3-5-8(7)14)19(17,18)11(12,13)10(15)16/h2-6H,1H3,(H,15,16)/p-1. The summed E-state index contributed by atoms with van der Waals surface area (Å²) in [6.07, 6.45) is 0.955. The SMILES string of the molecule is Cn1cc(S(=O)(=O)C(F)(F)C(=O)[O-])c2ccccc21. The molecule has 0 saturated carbocycles. The van der Waals surface area contributed by atoms with Crippen LogP contribution in [0.5, 0.6) is 0 Å². The Hall–Kier alpha value is -1.96. The number of carbonyl (C=O) groups is 1. The Morgan fingerprint density at radius 3 is 2.47 bits per heavy atom. The minimum absolute atomic E-state index is 0.0333. The molecule has 0 aliphatic rings. The number of aryl methyl sites for hydroxylation is 1. The smallest absolute Gasteiger partial charge is 0.389 e. The highest BCUT2D eigenvalue weighted by molar-refractivity contribution is 7.93. The molecule has 0 bridgehead atoms. The van der Waals surface area contributed by atoms with Gasteiger partial charge in [0.15, 0.2) is 0 Å². The number of alkyl halides is 2. The van der Waals surface area contributed by atoms with Gasteiger partial charge in [0.1, 0.15) is 5.97 Å². The van der Waals surface area contributed by atoms with Gasteiger partial charge in [-0.2, -0.15) is 8.78 Å². The lowest BCUT2D eigenvalue weighted by Gasteiger charge is -2.16. The summed E-state index contributed by atoms with van der Waals surface area (Å²) >= 11 is 0. The van der Waals surface area contributed by atoms with Crippen LogP contribution >= 0.6 is 0 Å². The lowest BCUT2D eigenvalue weighted by atomic mass is 10.2. The Balaban J connectivity index is 2.79. The number of aromatic nitrogens is 1. The summed E-state index contributed by atoms with van der Waals surface area (Å²) in [6.45, 7) is 0. The van der Waals surface area contributed by atoms with Gasteiger partial charge >= 0.3 is 5.25 Å². The van der Waals surface area contributed by atoms with Crippen molar-refractivity contribution in [3.63, 3.8) is 0 Å². The number of hydrogen-bond donors (Lipinski definition) is 0. The van der Waals surface area contributed by atoms with Gasteiger partial charge in [-0.15, -0.1) is 0 Å². The van der Waals surface area contributed by atoms with E-state index in [1.54, 1.807) is 6.07 Å². The van der Waals surface area contributed by atoms with Crippen molar-refractivity contribution in [3.8, 4) is 0 Å². The molecule has 0 N–H and O–H groups in total. The van der Waals surface area contributed by atoms with Gasteiger partial charge in [-0.1, -0.05) is 18.2 Å². The highest BCUT2D eigenvalue weighted by Gasteiger charge is 2.49. The number of halogens is 2. The molecular formula is C11H8F2NO4S-. The fourth-order valence-corrected chi connectivity index (χ4v) is 3.02. The van der Waals surface area contributed by atoms with Crippen LogP contribution in [0.2, 0.25) is 0 Å². The topological polar surface area (TPSA) is 79.2 Å². The van der Waals surface area contributed by atoms with Gasteiger partial charge < -0.3 is 14.5 Å². The normalized spacial score (nSPS) is 12.8. The van der Waals surface area contributed by atoms with Crippen molar-refractivity contribution < 1.29 is 27.1 Å². The number of nitrogens with zero attached hydrogens (tertiary/aromatic N) is 1. The van der Waals surface area contributed by atoms with Gasteiger partial charge in [-0.25, -0.2) is 8.42 Å². The Kier molecular flexibility index (Phi) is 2.85. The van der Waals surface area contributed by atoms with Crippen LogP contribution in [-0.4, -0.2) is 24.2 Å². The van der Waals surface area contributed by atoms with Crippen LogP contribution in [0.25, 0.3) is 10.9 Å². The minimum Gasteiger partial charge on any atom is -0.543 e. The third-order valence-corrected chi connectivity index (χ3v) is 4.47. The number of rotatable bonds is 3. The molecule has 2 rings (SSSR count). The molecule has 19 heavy (non-hydrogen) atoms. The number of carboxylic acid groups (broad SMARTS) is 1. The van der Waals surface area contributed by atoms with Gasteiger partial charge in [0.05, 0.1) is 4.90 Å². The molecule has 8 heteroatoms. The lowest BCUT2D eigenvalue weighted by Crippen LogP contribution is -2.47. The van der Waals surface area contributed by atoms with Gasteiger partial charge in [-0.3, -0.25) is 0 Å². The second kappa shape index (κ2) is 4.02. The first-order valence-electron chi connectivity index (χ1n) is 5.07. The number of para-hydroxylation sites is 1. The van der Waals surface area contributed by atoms with Crippen molar-refractivity contribution in [2.75, 3.05) is 0 Å². The van der Waals surface area contributed by atoms with E-state index in [1.807, 2.05) is 0 Å². The molecule has 1 heterocycles. The molecule has 5 nitrogen and oxygen atoms in total. The summed E-state index contributed by atoms with van der Waals surface area (Å²) < 4.78 is 51.4. The van der Waals surface area contributed by atoms with Crippen LogP contribution < -0.4 is 5.11 Å². The zero-order valence-corrected chi connectivity index (χ0v) is 10.4. The van der Waals surface area contributed by atoms with Crippen LogP contribution in [-0.2, 0) is 21.7 Å². The third kappa shape index (κ3) is 1.79. The summed E-state index contributed by atoms with van der Waals surface area (Å²) in [5.41, 5.74) is 0.398. The van der Waals surface area contributed by atoms with E-state index in [-0.39, 0.29) is 5.39 Å². The van der Waals surface area contributed by atoms with Crippen LogP contribution in [0.15, 0.2) is 35.4 Å². The number of carboxylic acids is 1. The molecule has 0 saturated heterocycles. The molecule has 0 unspecified atom stereocenters. The summed E-state index contributed by atoms with van der Waals surface area (Å²) in [6, 6.07) is 5.94. The maximum Gasteiger partial charge on any atom is 0.389 e. The van der Waals surface area contributed by atoms with E-state index in [0.717, 1.165) is 6.20 Å². The molecule has 0 fully saturated rings. The van der Waals surface area contributed by atoms with E-state index in [4.69, 9.17) is 0 Å². The van der Waals surface area contributed by atoms with Gasteiger partial charge in [0.25, 0.3) is 9.84 Å². The first-order chi connectivity index (χ1) is 8.69. The number of aliphatic carboxylic acids is 1. The predicted molar refractivity (Wildman–Crippen MR) is 60.1 cm³/mol. The molecule has 2 aromatic rings. The minimum atomic E-state index is -5.36. The molecule has 0 atom stereocenters. The maximum atomic E-state index is 13.3. The highest BCUT2D eigenvalue weighted by atomic mass is 32.2. The van der Waals surface area contributed by atoms with Crippen molar-refractivity contribution >= 4 is 26.7 Å². The largest absolute Gasteiger partial charge is 0.543 e. The van der Waals surface area contributed by atoms with E-state index < -0.39 is 26.0 Å². The van der Waals surface area contributed by atoms with E-state index in [0.29, 0.717) is 5.52 Å². The molecule has 0 radical (unpaired) electrons. The van der Waals surface area contributed by atoms with Crippen molar-refractivity contribution in [1.82, 2.24) is 4.57 Å². The molecule has 0 aliphatic carbocycles. The Morgan fingerprint density at radius 2 is 1.89 bits per heavy atom. The quantitative estimate of drug-likeness (QED) is 0.813. The number of benzene rings is 1. The summed E-state index contributed by atoms with van der Waals surface area (Å²) in [7, 11) is -3.89. The lowest BCUT2D eigenvalue weighted by molar-refractivity contribution is -0.321. The Bertz CT molecular complexity index is 764. The predicted octanol–water partition coefficient (Wildman–Crippen LogP) is 0.295. The van der Waals surface area contributed by atoms with Gasteiger partial charge in [0.2, 0.25) is 0 Å². The fourth-order valence-electron chi connectivity index (χ4n) is 1.77. The second-order valence-electron chi connectivity index (χ2n) is 3.93.